The number of anilines is 2. The smallest absolute Gasteiger partial charge is 0.266 e. The molecule has 4 heterocycles. The molecule has 1 aliphatic rings. The average Bonchev–Trinajstić information content (AvgIpc) is 3.32. The molecule has 3 aromatic heterocycles. The highest BCUT2D eigenvalue weighted by atomic mass is 19.3. The number of hydrogen-bond donors (Lipinski definition) is 2. The Bertz CT molecular complexity index is 1130. The van der Waals surface area contributed by atoms with Crippen molar-refractivity contribution in [1.29, 1.82) is 0 Å². The van der Waals surface area contributed by atoms with Gasteiger partial charge in [-0.1, -0.05) is 13.8 Å². The van der Waals surface area contributed by atoms with Crippen LogP contribution in [0.2, 0.25) is 0 Å². The van der Waals surface area contributed by atoms with E-state index in [-0.39, 0.29) is 42.8 Å². The Morgan fingerprint density at radius 3 is 2.66 bits per heavy atom. The SMILES string of the molecule is CC(C)[C@H](C)n1cc(-c2cc(N3CCC(F)(F)C3)n(C)n2)c2[nH]nc(N)c2c1=O. The van der Waals surface area contributed by atoms with Crippen molar-refractivity contribution in [2.75, 3.05) is 23.7 Å². The summed E-state index contributed by atoms with van der Waals surface area (Å²) in [4.78, 5) is 14.6. The number of aryl methyl sites for hydroxylation is 1. The summed E-state index contributed by atoms with van der Waals surface area (Å²) < 4.78 is 30.6. The van der Waals surface area contributed by atoms with E-state index in [1.807, 2.05) is 20.8 Å². The Balaban J connectivity index is 1.88. The lowest BCUT2D eigenvalue weighted by atomic mass is 10.0. The molecule has 3 N–H and O–H groups in total. The van der Waals surface area contributed by atoms with E-state index in [0.717, 1.165) is 0 Å². The minimum absolute atomic E-state index is 0.0691. The summed E-state index contributed by atoms with van der Waals surface area (Å²) in [7, 11) is 1.72. The number of aromatic nitrogens is 5. The Morgan fingerprint density at radius 2 is 2.03 bits per heavy atom. The van der Waals surface area contributed by atoms with Gasteiger partial charge >= 0.3 is 0 Å². The van der Waals surface area contributed by atoms with Gasteiger partial charge in [-0.05, 0) is 12.8 Å². The largest absolute Gasteiger partial charge is 0.382 e. The number of halogens is 2. The van der Waals surface area contributed by atoms with Gasteiger partial charge in [0.25, 0.3) is 11.5 Å². The number of nitrogen functional groups attached to an aromatic ring is 1. The van der Waals surface area contributed by atoms with Crippen molar-refractivity contribution in [3.63, 3.8) is 0 Å². The highest BCUT2D eigenvalue weighted by molar-refractivity contribution is 5.97. The maximum absolute atomic E-state index is 13.7. The van der Waals surface area contributed by atoms with E-state index < -0.39 is 5.92 Å². The Kier molecular flexibility index (Phi) is 4.39. The average molecular weight is 405 g/mol. The van der Waals surface area contributed by atoms with E-state index >= 15 is 0 Å². The van der Waals surface area contributed by atoms with Crippen LogP contribution in [-0.4, -0.2) is 43.6 Å². The maximum atomic E-state index is 13.7. The topological polar surface area (TPSA) is 97.8 Å². The van der Waals surface area contributed by atoms with Crippen molar-refractivity contribution in [2.45, 2.75) is 39.2 Å². The predicted octanol–water partition coefficient (Wildman–Crippen LogP) is 2.77. The molecule has 10 heteroatoms. The first-order chi connectivity index (χ1) is 13.6. The highest BCUT2D eigenvalue weighted by Gasteiger charge is 2.39. The van der Waals surface area contributed by atoms with Gasteiger partial charge in [-0.2, -0.15) is 10.2 Å². The molecular formula is C19H25F2N7O. The number of aromatic amines is 1. The first-order valence-electron chi connectivity index (χ1n) is 9.65. The summed E-state index contributed by atoms with van der Waals surface area (Å²) in [6, 6.07) is 1.70. The monoisotopic (exact) mass is 405 g/mol. The van der Waals surface area contributed by atoms with Crippen molar-refractivity contribution < 1.29 is 8.78 Å². The summed E-state index contributed by atoms with van der Waals surface area (Å²) in [6.45, 7) is 5.97. The number of pyridine rings is 1. The van der Waals surface area contributed by atoms with Crippen LogP contribution < -0.4 is 16.2 Å². The summed E-state index contributed by atoms with van der Waals surface area (Å²) in [6.07, 6.45) is 1.57. The molecule has 3 aromatic rings. The molecule has 0 bridgehead atoms. The number of H-pyrrole nitrogens is 1. The second kappa shape index (κ2) is 6.57. The van der Waals surface area contributed by atoms with Crippen LogP contribution in [0.4, 0.5) is 20.4 Å². The number of hydrogen-bond acceptors (Lipinski definition) is 5. The summed E-state index contributed by atoms with van der Waals surface area (Å²) in [5.41, 5.74) is 7.46. The molecule has 0 radical (unpaired) electrons. The molecule has 4 rings (SSSR count). The zero-order chi connectivity index (χ0) is 21.1. The molecule has 0 unspecified atom stereocenters. The van der Waals surface area contributed by atoms with Crippen molar-refractivity contribution in [3.8, 4) is 11.3 Å². The predicted molar refractivity (Wildman–Crippen MR) is 108 cm³/mol. The fourth-order valence-corrected chi connectivity index (χ4v) is 3.79. The third kappa shape index (κ3) is 3.16. The minimum atomic E-state index is -2.70. The molecule has 8 nitrogen and oxygen atoms in total. The van der Waals surface area contributed by atoms with Gasteiger partial charge in [0.2, 0.25) is 0 Å². The Hall–Kier alpha value is -2.91. The molecule has 1 aliphatic heterocycles. The molecule has 1 saturated heterocycles. The molecule has 0 spiro atoms. The van der Waals surface area contributed by atoms with Crippen LogP contribution in [0.25, 0.3) is 22.2 Å². The van der Waals surface area contributed by atoms with Gasteiger partial charge in [0, 0.05) is 43.9 Å². The van der Waals surface area contributed by atoms with E-state index in [1.54, 1.807) is 33.5 Å². The molecule has 0 amide bonds. The maximum Gasteiger partial charge on any atom is 0.266 e. The zero-order valence-electron chi connectivity index (χ0n) is 16.9. The lowest BCUT2D eigenvalue weighted by Crippen LogP contribution is -2.26. The van der Waals surface area contributed by atoms with Crippen LogP contribution >= 0.6 is 0 Å². The van der Waals surface area contributed by atoms with E-state index in [1.165, 1.54) is 0 Å². The molecule has 0 aromatic carbocycles. The van der Waals surface area contributed by atoms with Crippen LogP contribution in [-0.2, 0) is 7.05 Å². The molecule has 29 heavy (non-hydrogen) atoms. The standard InChI is InChI=1S/C19H25F2N7O/c1-10(2)11(3)28-8-12(16-15(18(28)29)17(22)24-23-16)13-7-14(26(4)25-13)27-6-5-19(20,21)9-27/h7-8,10-11H,5-6,9H2,1-4H3,(H3,22,23,24)/t11-/m0/s1. The number of nitrogens with two attached hydrogens (primary N) is 1. The lowest BCUT2D eigenvalue weighted by molar-refractivity contribution is 0.0256. The van der Waals surface area contributed by atoms with Gasteiger partial charge in [0.15, 0.2) is 5.82 Å². The van der Waals surface area contributed by atoms with Gasteiger partial charge < -0.3 is 15.2 Å². The number of fused-ring (bicyclic) bond motifs is 1. The van der Waals surface area contributed by atoms with Gasteiger partial charge in [-0.3, -0.25) is 14.6 Å². The van der Waals surface area contributed by atoms with E-state index in [9.17, 15) is 13.6 Å². The van der Waals surface area contributed by atoms with Gasteiger partial charge in [-0.15, -0.1) is 0 Å². The van der Waals surface area contributed by atoms with Crippen LogP contribution in [0.3, 0.4) is 0 Å². The van der Waals surface area contributed by atoms with Crippen molar-refractivity contribution >= 4 is 22.5 Å². The minimum Gasteiger partial charge on any atom is -0.382 e. The van der Waals surface area contributed by atoms with Crippen LogP contribution in [0.1, 0.15) is 33.2 Å². The fourth-order valence-electron chi connectivity index (χ4n) is 3.79. The molecule has 0 aliphatic carbocycles. The number of rotatable bonds is 4. The van der Waals surface area contributed by atoms with E-state index in [0.29, 0.717) is 28.0 Å². The first kappa shape index (κ1) is 19.4. The zero-order valence-corrected chi connectivity index (χ0v) is 16.9. The van der Waals surface area contributed by atoms with Crippen LogP contribution in [0.15, 0.2) is 17.1 Å². The molecule has 156 valence electrons. The summed E-state index contributed by atoms with van der Waals surface area (Å²) in [5.74, 6) is -1.74. The Morgan fingerprint density at radius 1 is 1.31 bits per heavy atom. The first-order valence-corrected chi connectivity index (χ1v) is 9.65. The van der Waals surface area contributed by atoms with Crippen LogP contribution in [0.5, 0.6) is 0 Å². The van der Waals surface area contributed by atoms with Crippen molar-refractivity contribution in [3.05, 3.63) is 22.6 Å². The third-order valence-corrected chi connectivity index (χ3v) is 5.81. The number of nitrogens with one attached hydrogen (secondary N) is 1. The normalized spacial score (nSPS) is 17.6. The quantitative estimate of drug-likeness (QED) is 0.696. The summed E-state index contributed by atoms with van der Waals surface area (Å²) in [5, 5.41) is 11.7. The lowest BCUT2D eigenvalue weighted by Gasteiger charge is -2.20. The number of nitrogens with zero attached hydrogens (tertiary/aromatic N) is 5. The van der Waals surface area contributed by atoms with Gasteiger partial charge in [-0.25, -0.2) is 8.78 Å². The second-order valence-corrected chi connectivity index (χ2v) is 8.14. The van der Waals surface area contributed by atoms with Crippen molar-refractivity contribution in [1.82, 2.24) is 24.5 Å². The van der Waals surface area contributed by atoms with Crippen LogP contribution in [0, 0.1) is 5.92 Å². The van der Waals surface area contributed by atoms with Gasteiger partial charge in [0.05, 0.1) is 17.8 Å². The molecule has 1 fully saturated rings. The van der Waals surface area contributed by atoms with Gasteiger partial charge in [0.1, 0.15) is 11.2 Å². The molecule has 1 atom stereocenters. The van der Waals surface area contributed by atoms with E-state index in [4.69, 9.17) is 5.73 Å². The summed E-state index contributed by atoms with van der Waals surface area (Å²) >= 11 is 0. The molecular weight excluding hydrogens is 380 g/mol. The number of alkyl halides is 2. The van der Waals surface area contributed by atoms with Crippen molar-refractivity contribution in [2.24, 2.45) is 13.0 Å². The fraction of sp³-hybridized carbons (Fsp3) is 0.526. The molecule has 0 saturated carbocycles. The van der Waals surface area contributed by atoms with E-state index in [2.05, 4.69) is 15.3 Å². The second-order valence-electron chi connectivity index (χ2n) is 8.14. The Labute approximate surface area is 166 Å². The third-order valence-electron chi connectivity index (χ3n) is 5.81. The highest BCUT2D eigenvalue weighted by Crippen LogP contribution is 2.34.